The highest BCUT2D eigenvalue weighted by atomic mass is 16.1. The van der Waals surface area contributed by atoms with Gasteiger partial charge in [0.1, 0.15) is 0 Å². The van der Waals surface area contributed by atoms with Gasteiger partial charge in [0.25, 0.3) is 0 Å². The molecule has 0 atom stereocenters. The van der Waals surface area contributed by atoms with E-state index in [-0.39, 0.29) is 0 Å². The Labute approximate surface area is 119 Å². The second-order valence-corrected chi connectivity index (χ2v) is 4.83. The molecule has 1 radical (unpaired) electrons. The normalized spacial score (nSPS) is 12.1. The summed E-state index contributed by atoms with van der Waals surface area (Å²) >= 11 is 0. The standard InChI is InChI=1S/C18H29O/c1-2-3-4-5-6-7-8-9-10-11-12-13-14-15-16-17-18-19/h5-10H,2-4,11-17H2,1H3/b6-5+,8-7+,10-9+. The molecule has 0 amide bonds. The van der Waals surface area contributed by atoms with E-state index in [0.717, 1.165) is 12.8 Å². The van der Waals surface area contributed by atoms with Crippen molar-refractivity contribution in [2.24, 2.45) is 0 Å². The van der Waals surface area contributed by atoms with E-state index in [1.165, 1.54) is 44.9 Å². The zero-order chi connectivity index (χ0) is 14.0. The van der Waals surface area contributed by atoms with E-state index in [1.54, 1.807) is 0 Å². The van der Waals surface area contributed by atoms with Gasteiger partial charge in [-0.15, -0.1) is 0 Å². The lowest BCUT2D eigenvalue weighted by atomic mass is 10.1. The highest BCUT2D eigenvalue weighted by Gasteiger charge is 1.89. The minimum atomic E-state index is 0.608. The van der Waals surface area contributed by atoms with Crippen molar-refractivity contribution < 1.29 is 4.79 Å². The molecule has 0 rings (SSSR count). The zero-order valence-electron chi connectivity index (χ0n) is 12.4. The highest BCUT2D eigenvalue weighted by molar-refractivity contribution is 5.50. The highest BCUT2D eigenvalue weighted by Crippen LogP contribution is 2.06. The van der Waals surface area contributed by atoms with Crippen molar-refractivity contribution in [2.45, 2.75) is 71.1 Å². The minimum absolute atomic E-state index is 0.608. The lowest BCUT2D eigenvalue weighted by Crippen LogP contribution is -1.79. The third-order valence-electron chi connectivity index (χ3n) is 2.98. The van der Waals surface area contributed by atoms with Gasteiger partial charge in [0.05, 0.1) is 0 Å². The fourth-order valence-corrected chi connectivity index (χ4v) is 1.79. The molecule has 0 aliphatic heterocycles. The van der Waals surface area contributed by atoms with Gasteiger partial charge in [0.15, 0.2) is 6.29 Å². The van der Waals surface area contributed by atoms with Gasteiger partial charge in [-0.2, -0.15) is 0 Å². The summed E-state index contributed by atoms with van der Waals surface area (Å²) < 4.78 is 0. The number of unbranched alkanes of at least 4 members (excludes halogenated alkanes) is 8. The van der Waals surface area contributed by atoms with Crippen molar-refractivity contribution in [3.8, 4) is 0 Å². The van der Waals surface area contributed by atoms with Crippen molar-refractivity contribution in [3.63, 3.8) is 0 Å². The van der Waals surface area contributed by atoms with Crippen LogP contribution in [0.5, 0.6) is 0 Å². The van der Waals surface area contributed by atoms with E-state index in [0.29, 0.717) is 6.42 Å². The van der Waals surface area contributed by atoms with Crippen LogP contribution in [0.15, 0.2) is 36.5 Å². The number of carbonyl (C=O) groups excluding carboxylic acids is 1. The van der Waals surface area contributed by atoms with Gasteiger partial charge < -0.3 is 0 Å². The molecule has 0 heterocycles. The maximum atomic E-state index is 9.99. The smallest absolute Gasteiger partial charge is 0.198 e. The maximum absolute atomic E-state index is 9.99. The molecular formula is C18H29O. The molecule has 107 valence electrons. The van der Waals surface area contributed by atoms with E-state index in [4.69, 9.17) is 0 Å². The zero-order valence-corrected chi connectivity index (χ0v) is 12.4. The van der Waals surface area contributed by atoms with Gasteiger partial charge in [-0.1, -0.05) is 75.5 Å². The molecule has 0 aromatic heterocycles. The Morgan fingerprint density at radius 2 is 1.32 bits per heavy atom. The van der Waals surface area contributed by atoms with Gasteiger partial charge in [-0.25, -0.2) is 0 Å². The molecule has 0 bridgehead atoms. The topological polar surface area (TPSA) is 17.1 Å². The monoisotopic (exact) mass is 261 g/mol. The maximum Gasteiger partial charge on any atom is 0.198 e. The van der Waals surface area contributed by atoms with E-state index < -0.39 is 0 Å². The number of rotatable bonds is 13. The Balaban J connectivity index is 3.26. The third kappa shape index (κ3) is 16.9. The molecule has 0 N–H and O–H groups in total. The van der Waals surface area contributed by atoms with Gasteiger partial charge in [-0.05, 0) is 25.7 Å². The summed E-state index contributed by atoms with van der Waals surface area (Å²) in [6.07, 6.45) is 26.3. The Morgan fingerprint density at radius 1 is 0.737 bits per heavy atom. The lowest BCUT2D eigenvalue weighted by Gasteiger charge is -1.96. The van der Waals surface area contributed by atoms with E-state index in [2.05, 4.69) is 43.4 Å². The first-order chi connectivity index (χ1) is 9.41. The molecule has 0 aliphatic rings. The number of allylic oxidation sites excluding steroid dienone is 6. The first-order valence-electron chi connectivity index (χ1n) is 7.75. The van der Waals surface area contributed by atoms with Gasteiger partial charge >= 0.3 is 0 Å². The Hall–Kier alpha value is -1.11. The van der Waals surface area contributed by atoms with Crippen molar-refractivity contribution in [3.05, 3.63) is 36.5 Å². The summed E-state index contributed by atoms with van der Waals surface area (Å²) in [6.45, 7) is 2.22. The fraction of sp³-hybridized carbons (Fsp3) is 0.611. The molecule has 1 heteroatoms. The first-order valence-corrected chi connectivity index (χ1v) is 7.75. The van der Waals surface area contributed by atoms with Crippen molar-refractivity contribution in [2.75, 3.05) is 0 Å². The van der Waals surface area contributed by atoms with Crippen molar-refractivity contribution in [1.29, 1.82) is 0 Å². The minimum Gasteiger partial charge on any atom is -0.291 e. The summed E-state index contributed by atoms with van der Waals surface area (Å²) in [5.41, 5.74) is 0. The van der Waals surface area contributed by atoms with E-state index in [9.17, 15) is 4.79 Å². The van der Waals surface area contributed by atoms with Crippen LogP contribution in [0.3, 0.4) is 0 Å². The summed E-state index contributed by atoms with van der Waals surface area (Å²) in [5, 5.41) is 0. The molecule has 0 saturated heterocycles. The third-order valence-corrected chi connectivity index (χ3v) is 2.98. The van der Waals surface area contributed by atoms with Crippen LogP contribution in [0.4, 0.5) is 0 Å². The average Bonchev–Trinajstić information content (AvgIpc) is 2.43. The van der Waals surface area contributed by atoms with Crippen molar-refractivity contribution >= 4 is 6.29 Å². The number of hydrogen-bond donors (Lipinski definition) is 0. The second-order valence-electron chi connectivity index (χ2n) is 4.83. The van der Waals surface area contributed by atoms with Crippen LogP contribution in [-0.4, -0.2) is 6.29 Å². The average molecular weight is 261 g/mol. The predicted octanol–water partition coefficient (Wildman–Crippen LogP) is 5.69. The molecule has 0 aliphatic carbocycles. The molecular weight excluding hydrogens is 232 g/mol. The largest absolute Gasteiger partial charge is 0.291 e. The van der Waals surface area contributed by atoms with Gasteiger partial charge in [0, 0.05) is 6.42 Å². The Kier molecular flexibility index (Phi) is 15.9. The van der Waals surface area contributed by atoms with Gasteiger partial charge in [-0.3, -0.25) is 4.79 Å². The van der Waals surface area contributed by atoms with Gasteiger partial charge in [0.2, 0.25) is 0 Å². The lowest BCUT2D eigenvalue weighted by molar-refractivity contribution is 0.542. The SMILES string of the molecule is CCCC/C=C/C=C/C=C/CCCCCCC[C]=O. The molecule has 0 fully saturated rings. The Bertz CT molecular complexity index is 261. The van der Waals surface area contributed by atoms with Crippen LogP contribution in [0.2, 0.25) is 0 Å². The van der Waals surface area contributed by atoms with E-state index >= 15 is 0 Å². The van der Waals surface area contributed by atoms with Crippen molar-refractivity contribution in [1.82, 2.24) is 0 Å². The van der Waals surface area contributed by atoms with Crippen LogP contribution in [0, 0.1) is 0 Å². The fourth-order valence-electron chi connectivity index (χ4n) is 1.79. The molecule has 0 aromatic rings. The molecule has 0 aromatic carbocycles. The second kappa shape index (κ2) is 16.9. The first kappa shape index (κ1) is 17.9. The summed E-state index contributed by atoms with van der Waals surface area (Å²) in [5.74, 6) is 0. The Morgan fingerprint density at radius 3 is 1.95 bits per heavy atom. The summed E-state index contributed by atoms with van der Waals surface area (Å²) in [6, 6.07) is 0. The predicted molar refractivity (Wildman–Crippen MR) is 85.0 cm³/mol. The number of hydrogen-bond acceptors (Lipinski definition) is 1. The van der Waals surface area contributed by atoms with Crippen LogP contribution in [-0.2, 0) is 4.79 Å². The van der Waals surface area contributed by atoms with Crippen LogP contribution >= 0.6 is 0 Å². The molecule has 19 heavy (non-hydrogen) atoms. The summed E-state index contributed by atoms with van der Waals surface area (Å²) in [7, 11) is 0. The van der Waals surface area contributed by atoms with Crippen LogP contribution in [0.1, 0.15) is 71.1 Å². The van der Waals surface area contributed by atoms with Crippen LogP contribution < -0.4 is 0 Å². The summed E-state index contributed by atoms with van der Waals surface area (Å²) in [4.78, 5) is 9.99. The quantitative estimate of drug-likeness (QED) is 0.307. The van der Waals surface area contributed by atoms with Crippen LogP contribution in [0.25, 0.3) is 0 Å². The molecule has 1 nitrogen and oxygen atoms in total. The molecule has 0 unspecified atom stereocenters. The molecule has 0 spiro atoms. The van der Waals surface area contributed by atoms with E-state index in [1.807, 2.05) is 6.29 Å². The molecule has 0 saturated carbocycles.